The standard InChI is InChI=1S/C14H19N3OS/c1-10-6-11(2)8-12(7-10)14-13(19-17-16-14)9-15-4-5-18-3/h6-8,15H,4-5,9H2,1-3H3. The molecule has 0 aliphatic heterocycles. The van der Waals surface area contributed by atoms with E-state index in [1.807, 2.05) is 0 Å². The Morgan fingerprint density at radius 3 is 2.63 bits per heavy atom. The largest absolute Gasteiger partial charge is 0.383 e. The summed E-state index contributed by atoms with van der Waals surface area (Å²) in [7, 11) is 1.71. The zero-order valence-corrected chi connectivity index (χ0v) is 12.4. The number of nitrogens with one attached hydrogen (secondary N) is 1. The zero-order valence-electron chi connectivity index (χ0n) is 11.6. The van der Waals surface area contributed by atoms with Crippen LogP contribution in [0.1, 0.15) is 16.0 Å². The fourth-order valence-electron chi connectivity index (χ4n) is 2.03. The van der Waals surface area contributed by atoms with E-state index < -0.39 is 0 Å². The summed E-state index contributed by atoms with van der Waals surface area (Å²) >= 11 is 1.45. The molecule has 0 aliphatic carbocycles. The fraction of sp³-hybridized carbons (Fsp3) is 0.429. The fourth-order valence-corrected chi connectivity index (χ4v) is 2.66. The van der Waals surface area contributed by atoms with Gasteiger partial charge in [-0.15, -0.1) is 5.10 Å². The molecule has 19 heavy (non-hydrogen) atoms. The molecule has 1 aromatic carbocycles. The number of methoxy groups -OCH3 is 1. The van der Waals surface area contributed by atoms with E-state index in [1.54, 1.807) is 7.11 Å². The van der Waals surface area contributed by atoms with Crippen molar-refractivity contribution in [1.82, 2.24) is 14.9 Å². The Morgan fingerprint density at radius 2 is 1.95 bits per heavy atom. The van der Waals surface area contributed by atoms with Crippen LogP contribution < -0.4 is 5.32 Å². The Morgan fingerprint density at radius 1 is 1.21 bits per heavy atom. The molecule has 102 valence electrons. The van der Waals surface area contributed by atoms with E-state index in [9.17, 15) is 0 Å². The molecular formula is C14H19N3OS. The average molecular weight is 277 g/mol. The minimum Gasteiger partial charge on any atom is -0.383 e. The van der Waals surface area contributed by atoms with Crippen LogP contribution in [0.15, 0.2) is 18.2 Å². The van der Waals surface area contributed by atoms with Crippen LogP contribution in [-0.4, -0.2) is 29.8 Å². The Bertz CT molecular complexity index is 519. The first-order valence-electron chi connectivity index (χ1n) is 6.30. The highest BCUT2D eigenvalue weighted by Crippen LogP contribution is 2.25. The lowest BCUT2D eigenvalue weighted by molar-refractivity contribution is 0.199. The summed E-state index contributed by atoms with van der Waals surface area (Å²) in [6, 6.07) is 6.48. The molecule has 1 aromatic heterocycles. The molecule has 0 saturated heterocycles. The zero-order chi connectivity index (χ0) is 13.7. The van der Waals surface area contributed by atoms with Gasteiger partial charge in [0.2, 0.25) is 0 Å². The van der Waals surface area contributed by atoms with Gasteiger partial charge >= 0.3 is 0 Å². The van der Waals surface area contributed by atoms with Gasteiger partial charge in [0.25, 0.3) is 0 Å². The van der Waals surface area contributed by atoms with Gasteiger partial charge in [0.05, 0.1) is 11.5 Å². The Kier molecular flexibility index (Phi) is 5.01. The van der Waals surface area contributed by atoms with Gasteiger partial charge < -0.3 is 10.1 Å². The minimum absolute atomic E-state index is 0.713. The highest BCUT2D eigenvalue weighted by atomic mass is 32.1. The molecule has 0 bridgehead atoms. The number of aromatic nitrogens is 2. The molecule has 0 radical (unpaired) electrons. The topological polar surface area (TPSA) is 47.0 Å². The van der Waals surface area contributed by atoms with Crippen LogP contribution in [0.3, 0.4) is 0 Å². The predicted octanol–water partition coefficient (Wildman–Crippen LogP) is 2.56. The number of nitrogens with zero attached hydrogens (tertiary/aromatic N) is 2. The SMILES string of the molecule is COCCNCc1snnc1-c1cc(C)cc(C)c1. The Balaban J connectivity index is 2.14. The Hall–Kier alpha value is -1.30. The molecule has 1 heterocycles. The van der Waals surface area contributed by atoms with Crippen molar-refractivity contribution in [3.63, 3.8) is 0 Å². The van der Waals surface area contributed by atoms with Crippen molar-refractivity contribution in [2.24, 2.45) is 0 Å². The van der Waals surface area contributed by atoms with Crippen LogP contribution in [0.4, 0.5) is 0 Å². The number of ether oxygens (including phenoxy) is 1. The second-order valence-electron chi connectivity index (χ2n) is 4.59. The maximum atomic E-state index is 5.02. The molecule has 0 spiro atoms. The number of rotatable bonds is 6. The van der Waals surface area contributed by atoms with Gasteiger partial charge in [0.1, 0.15) is 5.69 Å². The predicted molar refractivity (Wildman–Crippen MR) is 78.4 cm³/mol. The number of aryl methyl sites for hydroxylation is 2. The molecule has 2 rings (SSSR count). The van der Waals surface area contributed by atoms with Crippen molar-refractivity contribution >= 4 is 11.5 Å². The van der Waals surface area contributed by atoms with Gasteiger partial charge in [-0.05, 0) is 37.5 Å². The van der Waals surface area contributed by atoms with Crippen LogP contribution in [0.2, 0.25) is 0 Å². The lowest BCUT2D eigenvalue weighted by Crippen LogP contribution is -2.18. The van der Waals surface area contributed by atoms with E-state index in [0.29, 0.717) is 6.61 Å². The van der Waals surface area contributed by atoms with Crippen LogP contribution in [0.25, 0.3) is 11.3 Å². The van der Waals surface area contributed by atoms with Gasteiger partial charge in [0.15, 0.2) is 0 Å². The lowest BCUT2D eigenvalue weighted by Gasteiger charge is -2.05. The Labute approximate surface area is 118 Å². The molecule has 0 amide bonds. The second-order valence-corrected chi connectivity index (χ2v) is 5.43. The van der Waals surface area contributed by atoms with E-state index in [-0.39, 0.29) is 0 Å². The van der Waals surface area contributed by atoms with Crippen molar-refractivity contribution in [3.05, 3.63) is 34.2 Å². The smallest absolute Gasteiger partial charge is 0.110 e. The third-order valence-corrected chi connectivity index (χ3v) is 3.54. The van der Waals surface area contributed by atoms with Gasteiger partial charge in [0, 0.05) is 25.8 Å². The third kappa shape index (κ3) is 3.83. The summed E-state index contributed by atoms with van der Waals surface area (Å²) in [6.45, 7) is 6.54. The third-order valence-electron chi connectivity index (χ3n) is 2.82. The van der Waals surface area contributed by atoms with Gasteiger partial charge in [-0.1, -0.05) is 21.7 Å². The summed E-state index contributed by atoms with van der Waals surface area (Å²) in [4.78, 5) is 1.17. The summed E-state index contributed by atoms with van der Waals surface area (Å²) < 4.78 is 9.09. The molecule has 2 aromatic rings. The first-order valence-corrected chi connectivity index (χ1v) is 7.07. The number of hydrogen-bond acceptors (Lipinski definition) is 5. The van der Waals surface area contributed by atoms with Gasteiger partial charge in [-0.2, -0.15) is 0 Å². The number of hydrogen-bond donors (Lipinski definition) is 1. The minimum atomic E-state index is 0.713. The van der Waals surface area contributed by atoms with E-state index in [0.717, 1.165) is 24.3 Å². The van der Waals surface area contributed by atoms with Crippen LogP contribution in [0, 0.1) is 13.8 Å². The summed E-state index contributed by atoms with van der Waals surface area (Å²) in [5.74, 6) is 0. The molecule has 0 fully saturated rings. The highest BCUT2D eigenvalue weighted by molar-refractivity contribution is 7.05. The monoisotopic (exact) mass is 277 g/mol. The maximum Gasteiger partial charge on any atom is 0.110 e. The van der Waals surface area contributed by atoms with E-state index in [4.69, 9.17) is 4.74 Å². The molecule has 0 saturated carbocycles. The van der Waals surface area contributed by atoms with Crippen molar-refractivity contribution in [2.45, 2.75) is 20.4 Å². The quantitative estimate of drug-likeness (QED) is 0.824. The first kappa shape index (κ1) is 14.1. The molecule has 0 unspecified atom stereocenters. The molecule has 5 heteroatoms. The van der Waals surface area contributed by atoms with Crippen LogP contribution in [-0.2, 0) is 11.3 Å². The van der Waals surface area contributed by atoms with Crippen molar-refractivity contribution in [1.29, 1.82) is 0 Å². The first-order chi connectivity index (χ1) is 9.20. The van der Waals surface area contributed by atoms with E-state index in [2.05, 4.69) is 47.0 Å². The molecule has 0 aliphatic rings. The number of benzene rings is 1. The van der Waals surface area contributed by atoms with Crippen molar-refractivity contribution in [2.75, 3.05) is 20.3 Å². The van der Waals surface area contributed by atoms with Crippen molar-refractivity contribution in [3.8, 4) is 11.3 Å². The van der Waals surface area contributed by atoms with Crippen molar-refractivity contribution < 1.29 is 4.74 Å². The maximum absolute atomic E-state index is 5.02. The summed E-state index contributed by atoms with van der Waals surface area (Å²) in [6.07, 6.45) is 0. The second kappa shape index (κ2) is 6.75. The molecular weight excluding hydrogens is 258 g/mol. The van der Waals surface area contributed by atoms with Gasteiger partial charge in [-0.25, -0.2) is 0 Å². The molecule has 4 nitrogen and oxygen atoms in total. The van der Waals surface area contributed by atoms with Crippen LogP contribution in [0.5, 0.6) is 0 Å². The highest BCUT2D eigenvalue weighted by Gasteiger charge is 2.10. The van der Waals surface area contributed by atoms with E-state index >= 15 is 0 Å². The van der Waals surface area contributed by atoms with E-state index in [1.165, 1.54) is 27.5 Å². The summed E-state index contributed by atoms with van der Waals surface area (Å²) in [5, 5.41) is 7.60. The lowest BCUT2D eigenvalue weighted by atomic mass is 10.0. The van der Waals surface area contributed by atoms with Gasteiger partial charge in [-0.3, -0.25) is 0 Å². The van der Waals surface area contributed by atoms with Crippen LogP contribution >= 0.6 is 11.5 Å². The molecule has 0 atom stereocenters. The average Bonchev–Trinajstić information content (AvgIpc) is 2.82. The molecule has 1 N–H and O–H groups in total. The normalized spacial score (nSPS) is 10.9. The summed E-state index contributed by atoms with van der Waals surface area (Å²) in [5.41, 5.74) is 4.64.